The zero-order valence-electron chi connectivity index (χ0n) is 9.93. The van der Waals surface area contributed by atoms with Crippen LogP contribution < -0.4 is 5.32 Å². The molecule has 1 amide bonds. The van der Waals surface area contributed by atoms with Gasteiger partial charge in [0.1, 0.15) is 6.61 Å². The van der Waals surface area contributed by atoms with E-state index in [4.69, 9.17) is 16.3 Å². The van der Waals surface area contributed by atoms with Gasteiger partial charge >= 0.3 is 0 Å². The lowest BCUT2D eigenvalue weighted by molar-refractivity contribution is -0.134. The summed E-state index contributed by atoms with van der Waals surface area (Å²) in [5.41, 5.74) is 1.11. The smallest absolute Gasteiger partial charge is 0.246 e. The van der Waals surface area contributed by atoms with Crippen LogP contribution in [0.3, 0.4) is 0 Å². The van der Waals surface area contributed by atoms with E-state index >= 15 is 0 Å². The first-order chi connectivity index (χ1) is 8.72. The van der Waals surface area contributed by atoms with E-state index in [1.54, 1.807) is 0 Å². The van der Waals surface area contributed by atoms with Gasteiger partial charge in [-0.05, 0) is 11.6 Å². The molecule has 1 aromatic rings. The molecule has 3 rings (SSSR count). The summed E-state index contributed by atoms with van der Waals surface area (Å²) >= 11 is 6.15. The van der Waals surface area contributed by atoms with Gasteiger partial charge < -0.3 is 10.1 Å². The Morgan fingerprint density at radius 1 is 1.39 bits per heavy atom. The Morgan fingerprint density at radius 3 is 3.06 bits per heavy atom. The minimum absolute atomic E-state index is 0.0177. The molecule has 1 aromatic carbocycles. The Kier molecular flexibility index (Phi) is 3.24. The second kappa shape index (κ2) is 4.88. The number of rotatable bonds is 2. The molecule has 2 fully saturated rings. The van der Waals surface area contributed by atoms with Crippen LogP contribution in [-0.2, 0) is 16.1 Å². The van der Waals surface area contributed by atoms with Crippen molar-refractivity contribution in [1.29, 1.82) is 0 Å². The minimum atomic E-state index is -0.0177. The van der Waals surface area contributed by atoms with E-state index in [2.05, 4.69) is 10.2 Å². The molecule has 0 aliphatic carbocycles. The molecule has 0 unspecified atom stereocenters. The second-order valence-corrected chi connectivity index (χ2v) is 5.22. The molecule has 2 atom stereocenters. The first kappa shape index (κ1) is 12.0. The monoisotopic (exact) mass is 266 g/mol. The highest BCUT2D eigenvalue weighted by atomic mass is 35.5. The maximum atomic E-state index is 11.2. The van der Waals surface area contributed by atoms with Crippen LogP contribution >= 0.6 is 11.6 Å². The van der Waals surface area contributed by atoms with Crippen LogP contribution in [0.15, 0.2) is 24.3 Å². The lowest BCUT2D eigenvalue weighted by Crippen LogP contribution is -2.50. The molecular formula is C13H15ClN2O2. The molecular weight excluding hydrogens is 252 g/mol. The zero-order chi connectivity index (χ0) is 12.5. The highest BCUT2D eigenvalue weighted by molar-refractivity contribution is 6.31. The van der Waals surface area contributed by atoms with Crippen molar-refractivity contribution < 1.29 is 9.53 Å². The number of benzene rings is 1. The number of nitrogens with zero attached hydrogens (tertiary/aromatic N) is 1. The first-order valence-electron chi connectivity index (χ1n) is 6.09. The van der Waals surface area contributed by atoms with Crippen molar-refractivity contribution in [2.45, 2.75) is 18.7 Å². The lowest BCUT2D eigenvalue weighted by atomic mass is 10.2. The molecule has 18 heavy (non-hydrogen) atoms. The van der Waals surface area contributed by atoms with Crippen molar-refractivity contribution in [2.24, 2.45) is 0 Å². The van der Waals surface area contributed by atoms with Crippen LogP contribution in [0.5, 0.6) is 0 Å². The van der Waals surface area contributed by atoms with Crippen molar-refractivity contribution in [3.63, 3.8) is 0 Å². The molecule has 0 aromatic heterocycles. The van der Waals surface area contributed by atoms with Crippen molar-refractivity contribution in [1.82, 2.24) is 10.2 Å². The number of likely N-dealkylation sites (tertiary alicyclic amines) is 1. The van der Waals surface area contributed by atoms with Gasteiger partial charge in [-0.2, -0.15) is 0 Å². The fraction of sp³-hybridized carbons (Fsp3) is 0.462. The Hall–Kier alpha value is -1.10. The van der Waals surface area contributed by atoms with E-state index in [0.29, 0.717) is 0 Å². The van der Waals surface area contributed by atoms with E-state index in [1.807, 2.05) is 24.3 Å². The number of halogens is 1. The third-order valence-electron chi connectivity index (χ3n) is 3.47. The summed E-state index contributed by atoms with van der Waals surface area (Å²) in [5.74, 6) is -0.0177. The molecule has 0 spiro atoms. The van der Waals surface area contributed by atoms with E-state index in [9.17, 15) is 4.79 Å². The molecule has 0 saturated carbocycles. The number of carbonyl (C=O) groups is 1. The number of hydrogen-bond donors (Lipinski definition) is 1. The van der Waals surface area contributed by atoms with Crippen LogP contribution in [0.25, 0.3) is 0 Å². The normalized spacial score (nSPS) is 27.9. The van der Waals surface area contributed by atoms with Gasteiger partial charge in [-0.1, -0.05) is 29.8 Å². The molecule has 2 saturated heterocycles. The molecule has 2 aliphatic rings. The van der Waals surface area contributed by atoms with Gasteiger partial charge in [-0.3, -0.25) is 9.69 Å². The number of hydrogen-bond acceptors (Lipinski definition) is 3. The average Bonchev–Trinajstić information content (AvgIpc) is 2.73. The maximum Gasteiger partial charge on any atom is 0.246 e. The molecule has 2 aliphatic heterocycles. The predicted molar refractivity (Wildman–Crippen MR) is 68.4 cm³/mol. The third-order valence-corrected chi connectivity index (χ3v) is 3.84. The van der Waals surface area contributed by atoms with Gasteiger partial charge in [0.25, 0.3) is 0 Å². The standard InChI is InChI=1S/C13H15ClN2O2/c14-10-4-2-1-3-9(10)5-16-6-11-12(7-16)18-8-13(17)15-11/h1-4,11-12H,5-8H2,(H,15,17)/t11-,12+/m0/s1. The van der Waals surface area contributed by atoms with Crippen LogP contribution in [0, 0.1) is 0 Å². The molecule has 4 nitrogen and oxygen atoms in total. The van der Waals surface area contributed by atoms with E-state index in [-0.39, 0.29) is 24.7 Å². The number of carbonyl (C=O) groups excluding carboxylic acids is 1. The van der Waals surface area contributed by atoms with Crippen molar-refractivity contribution >= 4 is 17.5 Å². The van der Waals surface area contributed by atoms with Gasteiger partial charge in [0.2, 0.25) is 5.91 Å². The van der Waals surface area contributed by atoms with Crippen LogP contribution in [-0.4, -0.2) is 42.6 Å². The van der Waals surface area contributed by atoms with Crippen molar-refractivity contribution in [2.75, 3.05) is 19.7 Å². The topological polar surface area (TPSA) is 41.6 Å². The predicted octanol–water partition coefficient (Wildman–Crippen LogP) is 1.04. The lowest BCUT2D eigenvalue weighted by Gasteiger charge is -2.25. The Morgan fingerprint density at radius 2 is 2.22 bits per heavy atom. The SMILES string of the molecule is O=C1CO[C@@H]2CN(Cc3ccccc3Cl)C[C@@H]2N1. The Bertz CT molecular complexity index is 466. The van der Waals surface area contributed by atoms with Crippen LogP contribution in [0.4, 0.5) is 0 Å². The largest absolute Gasteiger partial charge is 0.365 e. The van der Waals surface area contributed by atoms with Crippen molar-refractivity contribution in [3.05, 3.63) is 34.9 Å². The summed E-state index contributed by atoms with van der Waals surface area (Å²) in [6.45, 7) is 2.64. The molecule has 96 valence electrons. The van der Waals surface area contributed by atoms with E-state index in [0.717, 1.165) is 30.2 Å². The quantitative estimate of drug-likeness (QED) is 0.870. The summed E-state index contributed by atoms with van der Waals surface area (Å²) in [5, 5.41) is 3.76. The summed E-state index contributed by atoms with van der Waals surface area (Å²) in [4.78, 5) is 13.5. The first-order valence-corrected chi connectivity index (χ1v) is 6.47. The van der Waals surface area contributed by atoms with Crippen molar-refractivity contribution in [3.8, 4) is 0 Å². The number of morpholine rings is 1. The number of fused-ring (bicyclic) bond motifs is 1. The van der Waals surface area contributed by atoms with Gasteiger partial charge in [-0.25, -0.2) is 0 Å². The minimum Gasteiger partial charge on any atom is -0.365 e. The Balaban J connectivity index is 1.66. The summed E-state index contributed by atoms with van der Waals surface area (Å²) < 4.78 is 5.53. The summed E-state index contributed by atoms with van der Waals surface area (Å²) in [6, 6.07) is 7.97. The zero-order valence-corrected chi connectivity index (χ0v) is 10.7. The fourth-order valence-electron chi connectivity index (χ4n) is 2.59. The van der Waals surface area contributed by atoms with Gasteiger partial charge in [0, 0.05) is 24.7 Å². The van der Waals surface area contributed by atoms with Gasteiger partial charge in [0.15, 0.2) is 0 Å². The molecule has 2 heterocycles. The second-order valence-electron chi connectivity index (χ2n) is 4.81. The number of nitrogens with one attached hydrogen (secondary N) is 1. The van der Waals surface area contributed by atoms with E-state index < -0.39 is 0 Å². The maximum absolute atomic E-state index is 11.2. The molecule has 0 radical (unpaired) electrons. The molecule has 0 bridgehead atoms. The highest BCUT2D eigenvalue weighted by Crippen LogP contribution is 2.22. The third kappa shape index (κ3) is 2.36. The van der Waals surface area contributed by atoms with Gasteiger partial charge in [-0.15, -0.1) is 0 Å². The fourth-order valence-corrected chi connectivity index (χ4v) is 2.78. The molecule has 1 N–H and O–H groups in total. The Labute approximate surface area is 111 Å². The highest BCUT2D eigenvalue weighted by Gasteiger charge is 2.37. The van der Waals surface area contributed by atoms with Crippen LogP contribution in [0.2, 0.25) is 5.02 Å². The molecule has 5 heteroatoms. The number of ether oxygens (including phenoxy) is 1. The average molecular weight is 267 g/mol. The van der Waals surface area contributed by atoms with Gasteiger partial charge in [0.05, 0.1) is 12.1 Å². The summed E-state index contributed by atoms with van der Waals surface area (Å²) in [6.07, 6.45) is 0.116. The van der Waals surface area contributed by atoms with Crippen LogP contribution in [0.1, 0.15) is 5.56 Å². The summed E-state index contributed by atoms with van der Waals surface area (Å²) in [7, 11) is 0. The number of amides is 1. The van der Waals surface area contributed by atoms with E-state index in [1.165, 1.54) is 0 Å².